The molecule has 0 saturated heterocycles. The van der Waals surface area contributed by atoms with Gasteiger partial charge in [-0.1, -0.05) is 18.2 Å². The fourth-order valence-corrected chi connectivity index (χ4v) is 2.53. The van der Waals surface area contributed by atoms with E-state index in [-0.39, 0.29) is 31.0 Å². The highest BCUT2D eigenvalue weighted by molar-refractivity contribution is 5.81. The normalized spacial score (nSPS) is 11.4. The highest BCUT2D eigenvalue weighted by atomic mass is 19.4. The summed E-state index contributed by atoms with van der Waals surface area (Å²) in [4.78, 5) is 24.3. The molecule has 146 valence electrons. The van der Waals surface area contributed by atoms with Gasteiger partial charge in [-0.25, -0.2) is 4.68 Å². The smallest absolute Gasteiger partial charge is 0.416 e. The lowest BCUT2D eigenvalue weighted by Crippen LogP contribution is -2.35. The number of fused-ring (bicyclic) bond motifs is 1. The topological polar surface area (TPSA) is 73.2 Å². The zero-order chi connectivity index (χ0) is 20.1. The molecule has 3 rings (SSSR count). The fourth-order valence-electron chi connectivity index (χ4n) is 2.53. The number of carbonyl (C=O) groups excluding carboxylic acids is 1. The molecule has 28 heavy (non-hydrogen) atoms. The molecule has 1 aromatic heterocycles. The van der Waals surface area contributed by atoms with E-state index in [1.54, 1.807) is 24.3 Å². The van der Waals surface area contributed by atoms with Gasteiger partial charge in [-0.3, -0.25) is 9.59 Å². The summed E-state index contributed by atoms with van der Waals surface area (Å²) in [5, 5.41) is 7.70. The van der Waals surface area contributed by atoms with E-state index in [9.17, 15) is 22.8 Å². The molecule has 0 aliphatic heterocycles. The summed E-state index contributed by atoms with van der Waals surface area (Å²) >= 11 is 0. The van der Waals surface area contributed by atoms with Crippen molar-refractivity contribution in [1.82, 2.24) is 15.1 Å². The van der Waals surface area contributed by atoms with Crippen LogP contribution >= 0.6 is 0 Å². The first-order valence-electron chi connectivity index (χ1n) is 8.36. The number of nitrogens with one attached hydrogen (secondary N) is 1. The maximum atomic E-state index is 12.5. The van der Waals surface area contributed by atoms with Crippen molar-refractivity contribution >= 4 is 16.7 Å². The molecular weight excluding hydrogens is 375 g/mol. The highest BCUT2D eigenvalue weighted by Gasteiger charge is 2.29. The number of alkyl halides is 3. The van der Waals surface area contributed by atoms with Gasteiger partial charge in [0.2, 0.25) is 5.91 Å². The number of hydrogen-bond donors (Lipinski definition) is 1. The van der Waals surface area contributed by atoms with Crippen molar-refractivity contribution in [2.45, 2.75) is 12.7 Å². The van der Waals surface area contributed by atoms with Crippen LogP contribution in [0.1, 0.15) is 5.56 Å². The first kappa shape index (κ1) is 19.4. The van der Waals surface area contributed by atoms with Crippen LogP contribution in [0.4, 0.5) is 13.2 Å². The van der Waals surface area contributed by atoms with Gasteiger partial charge in [-0.15, -0.1) is 0 Å². The van der Waals surface area contributed by atoms with Gasteiger partial charge in [0.25, 0.3) is 5.56 Å². The quantitative estimate of drug-likeness (QED) is 0.656. The standard InChI is InChI=1S/C19H16F3N3O3/c20-19(21,22)14-5-7-15(8-6-14)28-10-9-23-17(26)12-25-18(27)16-4-2-1-3-13(16)11-24-25/h1-8,11H,9-10,12H2,(H,23,26). The third-order valence-electron chi connectivity index (χ3n) is 3.93. The molecule has 2 aromatic carbocycles. The van der Waals surface area contributed by atoms with Crippen LogP contribution in [-0.4, -0.2) is 28.8 Å². The minimum atomic E-state index is -4.40. The Balaban J connectivity index is 1.49. The second kappa shape index (κ2) is 8.12. The number of amides is 1. The van der Waals surface area contributed by atoms with Crippen LogP contribution < -0.4 is 15.6 Å². The highest BCUT2D eigenvalue weighted by Crippen LogP contribution is 2.30. The Hall–Kier alpha value is -3.36. The number of hydrogen-bond acceptors (Lipinski definition) is 4. The van der Waals surface area contributed by atoms with Crippen LogP contribution in [0.15, 0.2) is 59.5 Å². The summed E-state index contributed by atoms with van der Waals surface area (Å²) in [6.07, 6.45) is -2.89. The van der Waals surface area contributed by atoms with Gasteiger partial charge in [-0.05, 0) is 30.3 Å². The molecule has 1 amide bonds. The van der Waals surface area contributed by atoms with Crippen molar-refractivity contribution in [3.8, 4) is 5.75 Å². The number of aromatic nitrogens is 2. The van der Waals surface area contributed by atoms with Crippen LogP contribution in [0.25, 0.3) is 10.8 Å². The van der Waals surface area contributed by atoms with Crippen LogP contribution in [0.2, 0.25) is 0 Å². The van der Waals surface area contributed by atoms with Gasteiger partial charge >= 0.3 is 6.18 Å². The van der Waals surface area contributed by atoms with Gasteiger partial charge in [0, 0.05) is 5.39 Å². The number of ether oxygens (including phenoxy) is 1. The predicted molar refractivity (Wildman–Crippen MR) is 96.0 cm³/mol. The van der Waals surface area contributed by atoms with Crippen molar-refractivity contribution in [2.75, 3.05) is 13.2 Å². The molecule has 0 spiro atoms. The average Bonchev–Trinajstić information content (AvgIpc) is 2.67. The first-order chi connectivity index (χ1) is 13.3. The summed E-state index contributed by atoms with van der Waals surface area (Å²) in [7, 11) is 0. The number of nitrogens with zero attached hydrogens (tertiary/aromatic N) is 2. The molecule has 0 bridgehead atoms. The summed E-state index contributed by atoms with van der Waals surface area (Å²) < 4.78 is 43.8. The average molecular weight is 391 g/mol. The van der Waals surface area contributed by atoms with Crippen molar-refractivity contribution in [3.05, 3.63) is 70.6 Å². The second-order valence-electron chi connectivity index (χ2n) is 5.92. The summed E-state index contributed by atoms with van der Waals surface area (Å²) in [6.45, 7) is -0.0523. The molecule has 0 saturated carbocycles. The third kappa shape index (κ3) is 4.67. The predicted octanol–water partition coefficient (Wildman–Crippen LogP) is 2.61. The van der Waals surface area contributed by atoms with E-state index in [0.29, 0.717) is 10.8 Å². The van der Waals surface area contributed by atoms with E-state index >= 15 is 0 Å². The monoisotopic (exact) mass is 391 g/mol. The van der Waals surface area contributed by atoms with Gasteiger partial charge in [-0.2, -0.15) is 18.3 Å². The Morgan fingerprint density at radius 2 is 1.82 bits per heavy atom. The second-order valence-corrected chi connectivity index (χ2v) is 5.92. The van der Waals surface area contributed by atoms with E-state index in [1.807, 2.05) is 0 Å². The molecule has 0 aliphatic rings. The molecule has 0 unspecified atom stereocenters. The Kier molecular flexibility index (Phi) is 5.62. The zero-order valence-corrected chi connectivity index (χ0v) is 14.6. The number of halogens is 3. The first-order valence-corrected chi connectivity index (χ1v) is 8.36. The van der Waals surface area contributed by atoms with Gasteiger partial charge in [0.05, 0.1) is 23.7 Å². The summed E-state index contributed by atoms with van der Waals surface area (Å²) in [5.74, 6) is -0.171. The van der Waals surface area contributed by atoms with Crippen LogP contribution in [-0.2, 0) is 17.5 Å². The molecule has 0 fully saturated rings. The number of rotatable bonds is 6. The summed E-state index contributed by atoms with van der Waals surface area (Å²) in [6, 6.07) is 11.2. The van der Waals surface area contributed by atoms with E-state index < -0.39 is 17.6 Å². The molecule has 0 aliphatic carbocycles. The molecule has 0 atom stereocenters. The number of carbonyl (C=O) groups is 1. The van der Waals surface area contributed by atoms with Gasteiger partial charge in [0.1, 0.15) is 18.9 Å². The SMILES string of the molecule is O=C(Cn1ncc2ccccc2c1=O)NCCOc1ccc(C(F)(F)F)cc1. The Morgan fingerprint density at radius 1 is 1.11 bits per heavy atom. The molecular formula is C19H16F3N3O3. The maximum Gasteiger partial charge on any atom is 0.416 e. The lowest BCUT2D eigenvalue weighted by atomic mass is 10.2. The fraction of sp³-hybridized carbons (Fsp3) is 0.211. The molecule has 6 nitrogen and oxygen atoms in total. The van der Waals surface area contributed by atoms with Gasteiger partial charge in [0.15, 0.2) is 0 Å². The summed E-state index contributed by atoms with van der Waals surface area (Å²) in [5.41, 5.74) is -1.13. The van der Waals surface area contributed by atoms with Crippen molar-refractivity contribution < 1.29 is 22.7 Å². The molecule has 1 N–H and O–H groups in total. The van der Waals surface area contributed by atoms with Gasteiger partial charge < -0.3 is 10.1 Å². The Morgan fingerprint density at radius 3 is 2.54 bits per heavy atom. The van der Waals surface area contributed by atoms with Crippen LogP contribution in [0.3, 0.4) is 0 Å². The van der Waals surface area contributed by atoms with Crippen molar-refractivity contribution in [3.63, 3.8) is 0 Å². The van der Waals surface area contributed by atoms with E-state index in [4.69, 9.17) is 4.74 Å². The van der Waals surface area contributed by atoms with Crippen molar-refractivity contribution in [2.24, 2.45) is 0 Å². The molecule has 3 aromatic rings. The molecule has 1 heterocycles. The Labute approximate surface area is 157 Å². The van der Waals surface area contributed by atoms with Crippen LogP contribution in [0, 0.1) is 0 Å². The largest absolute Gasteiger partial charge is 0.492 e. The minimum absolute atomic E-state index is 0.0666. The third-order valence-corrected chi connectivity index (χ3v) is 3.93. The lowest BCUT2D eigenvalue weighted by Gasteiger charge is -2.10. The van der Waals surface area contributed by atoms with Crippen molar-refractivity contribution in [1.29, 1.82) is 0 Å². The Bertz CT molecular complexity index is 1030. The van der Waals surface area contributed by atoms with E-state index in [0.717, 1.165) is 16.8 Å². The van der Waals surface area contributed by atoms with E-state index in [2.05, 4.69) is 10.4 Å². The lowest BCUT2D eigenvalue weighted by molar-refractivity contribution is -0.137. The molecule has 0 radical (unpaired) electrons. The molecule has 9 heteroatoms. The zero-order valence-electron chi connectivity index (χ0n) is 14.6. The van der Waals surface area contributed by atoms with E-state index in [1.165, 1.54) is 18.3 Å². The van der Waals surface area contributed by atoms with Crippen LogP contribution in [0.5, 0.6) is 5.75 Å². The number of benzene rings is 2. The maximum absolute atomic E-state index is 12.5. The minimum Gasteiger partial charge on any atom is -0.492 e.